The highest BCUT2D eigenvalue weighted by atomic mass is 16.6. The Bertz CT molecular complexity index is 1080. The summed E-state index contributed by atoms with van der Waals surface area (Å²) in [6, 6.07) is 13.7. The van der Waals surface area contributed by atoms with Gasteiger partial charge in [-0.15, -0.1) is 0 Å². The molecule has 0 saturated carbocycles. The Balaban J connectivity index is 1.52. The molecule has 2 fully saturated rings. The molecule has 1 amide bonds. The molecule has 0 spiro atoms. The number of fused-ring (bicyclic) bond motifs is 1. The molecule has 2 saturated heterocycles. The van der Waals surface area contributed by atoms with E-state index in [1.54, 1.807) is 23.1 Å². The minimum Gasteiger partial charge on any atom is -0.507 e. The number of morpholine rings is 1. The Kier molecular flexibility index (Phi) is 6.02. The number of carbonyl (C=O) groups is 2. The van der Waals surface area contributed by atoms with E-state index in [2.05, 4.69) is 4.90 Å². The fraction of sp³-hybridized carbons (Fsp3) is 0.360. The maximum Gasteiger partial charge on any atom is 0.295 e. The van der Waals surface area contributed by atoms with E-state index in [0.29, 0.717) is 56.6 Å². The van der Waals surface area contributed by atoms with Crippen LogP contribution in [0.4, 0.5) is 0 Å². The zero-order valence-corrected chi connectivity index (χ0v) is 18.2. The standard InChI is InChI=1S/C25H26N2O6/c28-23(18-6-7-19-20(16-18)33-15-14-32-19)21-22(17-4-2-1-3-5-17)27(25(30)24(21)29)9-8-26-10-12-31-13-11-26/h1-7,16,22,28H,8-15H2. The summed E-state index contributed by atoms with van der Waals surface area (Å²) in [6.45, 7) is 4.77. The van der Waals surface area contributed by atoms with Gasteiger partial charge in [0.15, 0.2) is 11.5 Å². The van der Waals surface area contributed by atoms with Gasteiger partial charge in [-0.1, -0.05) is 30.3 Å². The second-order valence-corrected chi connectivity index (χ2v) is 8.22. The number of benzene rings is 2. The molecule has 0 aliphatic carbocycles. The topological polar surface area (TPSA) is 88.5 Å². The van der Waals surface area contributed by atoms with Gasteiger partial charge in [0.25, 0.3) is 11.7 Å². The lowest BCUT2D eigenvalue weighted by molar-refractivity contribution is -0.140. The summed E-state index contributed by atoms with van der Waals surface area (Å²) in [4.78, 5) is 30.0. The number of rotatable bonds is 5. The largest absolute Gasteiger partial charge is 0.507 e. The molecule has 172 valence electrons. The van der Waals surface area contributed by atoms with Crippen molar-refractivity contribution in [3.63, 3.8) is 0 Å². The van der Waals surface area contributed by atoms with Crippen LogP contribution < -0.4 is 9.47 Å². The third kappa shape index (κ3) is 4.19. The van der Waals surface area contributed by atoms with E-state index in [4.69, 9.17) is 14.2 Å². The molecule has 5 rings (SSSR count). The molecule has 1 N–H and O–H groups in total. The lowest BCUT2D eigenvalue weighted by Gasteiger charge is -2.31. The molecule has 1 unspecified atom stereocenters. The minimum absolute atomic E-state index is 0.0878. The first-order chi connectivity index (χ1) is 16.1. The van der Waals surface area contributed by atoms with Gasteiger partial charge in [-0.2, -0.15) is 0 Å². The predicted octanol–water partition coefficient (Wildman–Crippen LogP) is 2.21. The fourth-order valence-electron chi connectivity index (χ4n) is 4.51. The molecule has 1 atom stereocenters. The Hall–Kier alpha value is -3.36. The molecule has 0 radical (unpaired) electrons. The molecule has 3 aliphatic heterocycles. The molecule has 0 bridgehead atoms. The third-order valence-electron chi connectivity index (χ3n) is 6.23. The van der Waals surface area contributed by atoms with Crippen molar-refractivity contribution in [2.45, 2.75) is 6.04 Å². The number of carbonyl (C=O) groups excluding carboxylic acids is 2. The van der Waals surface area contributed by atoms with Crippen LogP contribution in [-0.2, 0) is 14.3 Å². The first kappa shape index (κ1) is 21.5. The Labute approximate surface area is 192 Å². The van der Waals surface area contributed by atoms with Gasteiger partial charge in [0.05, 0.1) is 24.8 Å². The van der Waals surface area contributed by atoms with E-state index < -0.39 is 17.7 Å². The van der Waals surface area contributed by atoms with Crippen molar-refractivity contribution in [2.24, 2.45) is 0 Å². The first-order valence-electron chi connectivity index (χ1n) is 11.2. The maximum atomic E-state index is 13.2. The summed E-state index contributed by atoms with van der Waals surface area (Å²) in [5.74, 6) is -0.408. The Morgan fingerprint density at radius 1 is 0.909 bits per heavy atom. The number of hydrogen-bond acceptors (Lipinski definition) is 7. The normalized spacial score (nSPS) is 22.5. The van der Waals surface area contributed by atoms with Crippen molar-refractivity contribution in [3.05, 3.63) is 65.2 Å². The van der Waals surface area contributed by atoms with Crippen LogP contribution in [0.3, 0.4) is 0 Å². The number of amides is 1. The van der Waals surface area contributed by atoms with Gasteiger partial charge < -0.3 is 24.2 Å². The number of ether oxygens (including phenoxy) is 3. The van der Waals surface area contributed by atoms with Gasteiger partial charge in [-0.05, 0) is 23.8 Å². The van der Waals surface area contributed by atoms with E-state index in [1.807, 2.05) is 30.3 Å². The molecule has 0 aromatic heterocycles. The monoisotopic (exact) mass is 450 g/mol. The summed E-state index contributed by atoms with van der Waals surface area (Å²) in [6.07, 6.45) is 0. The molecule has 3 aliphatic rings. The molecule has 2 aromatic rings. The SMILES string of the molecule is O=C1C(=O)N(CCN2CCOCC2)C(c2ccccc2)C1=C(O)c1ccc2c(c1)OCCO2. The van der Waals surface area contributed by atoms with Crippen LogP contribution in [0.15, 0.2) is 54.1 Å². The summed E-state index contributed by atoms with van der Waals surface area (Å²) in [5.41, 5.74) is 1.27. The molecule has 2 aromatic carbocycles. The van der Waals surface area contributed by atoms with Crippen LogP contribution in [0.2, 0.25) is 0 Å². The zero-order chi connectivity index (χ0) is 22.8. The number of aliphatic hydroxyl groups is 1. The zero-order valence-electron chi connectivity index (χ0n) is 18.2. The van der Waals surface area contributed by atoms with Gasteiger partial charge in [0.1, 0.15) is 19.0 Å². The van der Waals surface area contributed by atoms with E-state index in [0.717, 1.165) is 18.7 Å². The smallest absolute Gasteiger partial charge is 0.295 e. The highest BCUT2D eigenvalue weighted by Crippen LogP contribution is 2.40. The van der Waals surface area contributed by atoms with Gasteiger partial charge in [0.2, 0.25) is 0 Å². The molecular formula is C25H26N2O6. The van der Waals surface area contributed by atoms with Gasteiger partial charge in [0, 0.05) is 31.7 Å². The van der Waals surface area contributed by atoms with Crippen LogP contribution >= 0.6 is 0 Å². The second-order valence-electron chi connectivity index (χ2n) is 8.22. The average molecular weight is 450 g/mol. The Morgan fingerprint density at radius 2 is 1.64 bits per heavy atom. The van der Waals surface area contributed by atoms with Crippen LogP contribution in [0.1, 0.15) is 17.2 Å². The van der Waals surface area contributed by atoms with Crippen molar-refractivity contribution in [3.8, 4) is 11.5 Å². The Morgan fingerprint density at radius 3 is 2.39 bits per heavy atom. The quantitative estimate of drug-likeness (QED) is 0.425. The van der Waals surface area contributed by atoms with Crippen LogP contribution in [0, 0.1) is 0 Å². The van der Waals surface area contributed by atoms with Gasteiger partial charge in [-0.3, -0.25) is 14.5 Å². The second kappa shape index (κ2) is 9.25. The molecule has 8 nitrogen and oxygen atoms in total. The highest BCUT2D eigenvalue weighted by molar-refractivity contribution is 6.46. The summed E-state index contributed by atoms with van der Waals surface area (Å²) >= 11 is 0. The van der Waals surface area contributed by atoms with Gasteiger partial charge >= 0.3 is 0 Å². The first-order valence-corrected chi connectivity index (χ1v) is 11.2. The van der Waals surface area contributed by atoms with Gasteiger partial charge in [-0.25, -0.2) is 0 Å². The predicted molar refractivity (Wildman–Crippen MR) is 120 cm³/mol. The highest BCUT2D eigenvalue weighted by Gasteiger charge is 2.46. The number of ketones is 1. The minimum atomic E-state index is -0.682. The van der Waals surface area contributed by atoms with E-state index >= 15 is 0 Å². The fourth-order valence-corrected chi connectivity index (χ4v) is 4.51. The van der Waals surface area contributed by atoms with Crippen molar-refractivity contribution in [1.29, 1.82) is 0 Å². The van der Waals surface area contributed by atoms with Crippen LogP contribution in [0.25, 0.3) is 5.76 Å². The average Bonchev–Trinajstić information content (AvgIpc) is 3.12. The van der Waals surface area contributed by atoms with Crippen molar-refractivity contribution in [2.75, 3.05) is 52.6 Å². The molecular weight excluding hydrogens is 424 g/mol. The van der Waals surface area contributed by atoms with Crippen molar-refractivity contribution < 1.29 is 28.9 Å². The number of Topliss-reactive ketones (excluding diaryl/α,β-unsaturated/α-hetero) is 1. The summed E-state index contributed by atoms with van der Waals surface area (Å²) in [7, 11) is 0. The lowest BCUT2D eigenvalue weighted by Crippen LogP contribution is -2.42. The lowest BCUT2D eigenvalue weighted by atomic mass is 9.95. The van der Waals surface area contributed by atoms with E-state index in [1.165, 1.54) is 0 Å². The summed E-state index contributed by atoms with van der Waals surface area (Å²) in [5, 5.41) is 11.2. The number of hydrogen-bond donors (Lipinski definition) is 1. The van der Waals surface area contributed by atoms with Crippen LogP contribution in [0.5, 0.6) is 11.5 Å². The third-order valence-corrected chi connectivity index (χ3v) is 6.23. The number of aliphatic hydroxyl groups excluding tert-OH is 1. The van der Waals surface area contributed by atoms with Crippen LogP contribution in [-0.4, -0.2) is 79.2 Å². The molecule has 3 heterocycles. The number of likely N-dealkylation sites (tertiary alicyclic amines) is 1. The maximum absolute atomic E-state index is 13.2. The summed E-state index contributed by atoms with van der Waals surface area (Å²) < 4.78 is 16.6. The van der Waals surface area contributed by atoms with E-state index in [-0.39, 0.29) is 11.3 Å². The van der Waals surface area contributed by atoms with Crippen molar-refractivity contribution >= 4 is 17.4 Å². The number of nitrogens with zero attached hydrogens (tertiary/aromatic N) is 2. The molecule has 8 heteroatoms. The van der Waals surface area contributed by atoms with E-state index in [9.17, 15) is 14.7 Å². The molecule has 33 heavy (non-hydrogen) atoms. The van der Waals surface area contributed by atoms with Crippen molar-refractivity contribution in [1.82, 2.24) is 9.80 Å².